The number of rotatable bonds is 1. The highest BCUT2D eigenvalue weighted by atomic mass is 16.3. The first-order valence-electron chi connectivity index (χ1n) is 9.07. The predicted octanol–water partition coefficient (Wildman–Crippen LogP) is 2.33. The molecule has 2 unspecified atom stereocenters. The lowest BCUT2D eigenvalue weighted by molar-refractivity contribution is -0.156. The smallest absolute Gasteiger partial charge is 0.327 e. The molecule has 5 aliphatic carbocycles. The second-order valence-electron chi connectivity index (χ2n) is 8.66. The zero-order valence-electron chi connectivity index (χ0n) is 13.6. The van der Waals surface area contributed by atoms with Crippen LogP contribution in [0.15, 0.2) is 17.1 Å². The van der Waals surface area contributed by atoms with Crippen LogP contribution in [0.4, 0.5) is 0 Å². The summed E-state index contributed by atoms with van der Waals surface area (Å²) in [5.74, 6) is 1.11. The molecule has 7 rings (SSSR count). The number of aromatic amines is 1. The number of imidazole rings is 1. The maximum atomic E-state index is 12.9. The van der Waals surface area contributed by atoms with Crippen molar-refractivity contribution in [3.05, 3.63) is 34.0 Å². The first-order chi connectivity index (χ1) is 11.6. The third-order valence-corrected chi connectivity index (χ3v) is 6.91. The van der Waals surface area contributed by atoms with Crippen molar-refractivity contribution in [3.8, 4) is 0 Å². The highest BCUT2D eigenvalue weighted by Crippen LogP contribution is 2.60. The van der Waals surface area contributed by atoms with Crippen LogP contribution in [0.1, 0.15) is 49.8 Å². The van der Waals surface area contributed by atoms with E-state index >= 15 is 0 Å². The Hall–Kier alpha value is -1.88. The Morgan fingerprint density at radius 1 is 1.25 bits per heavy atom. The van der Waals surface area contributed by atoms with E-state index in [4.69, 9.17) is 0 Å². The van der Waals surface area contributed by atoms with Crippen LogP contribution in [-0.2, 0) is 12.0 Å². The molecular formula is C19H21N3O2. The molecule has 0 amide bonds. The first kappa shape index (κ1) is 13.4. The van der Waals surface area contributed by atoms with Crippen molar-refractivity contribution in [1.29, 1.82) is 0 Å². The Labute approximate surface area is 139 Å². The van der Waals surface area contributed by atoms with E-state index in [0.29, 0.717) is 11.8 Å². The van der Waals surface area contributed by atoms with E-state index in [1.54, 1.807) is 6.20 Å². The highest BCUT2D eigenvalue weighted by Gasteiger charge is 2.58. The SMILES string of the molecule is O=c1[nH]c2cnc3c(c2n1C12CC4CC(CC(O)(C4)C1)C2)C=CC3. The highest BCUT2D eigenvalue weighted by molar-refractivity contribution is 5.87. The number of allylic oxidation sites excluding steroid dienone is 1. The Balaban J connectivity index is 1.65. The van der Waals surface area contributed by atoms with Gasteiger partial charge in [-0.15, -0.1) is 0 Å². The second-order valence-corrected chi connectivity index (χ2v) is 8.66. The van der Waals surface area contributed by atoms with E-state index in [-0.39, 0.29) is 11.2 Å². The zero-order chi connectivity index (χ0) is 16.1. The van der Waals surface area contributed by atoms with Gasteiger partial charge in [0.25, 0.3) is 0 Å². The largest absolute Gasteiger partial charge is 0.390 e. The molecule has 2 aromatic heterocycles. The summed E-state index contributed by atoms with van der Waals surface area (Å²) in [6.45, 7) is 0. The minimum Gasteiger partial charge on any atom is -0.390 e. The quantitative estimate of drug-likeness (QED) is 0.846. The molecule has 2 heterocycles. The summed E-state index contributed by atoms with van der Waals surface area (Å²) >= 11 is 0. The van der Waals surface area contributed by atoms with E-state index in [1.165, 1.54) is 6.42 Å². The van der Waals surface area contributed by atoms with Crippen LogP contribution in [0.5, 0.6) is 0 Å². The molecule has 0 spiro atoms. The Bertz CT molecular complexity index is 953. The van der Waals surface area contributed by atoms with Crippen molar-refractivity contribution >= 4 is 17.1 Å². The number of aromatic nitrogens is 3. The number of pyridine rings is 1. The van der Waals surface area contributed by atoms with Gasteiger partial charge < -0.3 is 10.1 Å². The summed E-state index contributed by atoms with van der Waals surface area (Å²) in [6.07, 6.45) is 12.7. The predicted molar refractivity (Wildman–Crippen MR) is 90.7 cm³/mol. The van der Waals surface area contributed by atoms with Crippen LogP contribution in [0.2, 0.25) is 0 Å². The van der Waals surface area contributed by atoms with Gasteiger partial charge in [0.05, 0.1) is 34.1 Å². The Kier molecular flexibility index (Phi) is 2.25. The number of aliphatic hydroxyl groups is 1. The second kappa shape index (κ2) is 4.02. The summed E-state index contributed by atoms with van der Waals surface area (Å²) in [5.41, 5.74) is 3.15. The fourth-order valence-corrected chi connectivity index (χ4v) is 6.67. The molecule has 2 aromatic rings. The lowest BCUT2D eigenvalue weighted by atomic mass is 9.51. The van der Waals surface area contributed by atoms with Crippen molar-refractivity contribution in [1.82, 2.24) is 14.5 Å². The zero-order valence-corrected chi connectivity index (χ0v) is 13.6. The minimum atomic E-state index is -0.570. The number of H-pyrrole nitrogens is 1. The monoisotopic (exact) mass is 323 g/mol. The van der Waals surface area contributed by atoms with E-state index in [9.17, 15) is 9.90 Å². The molecule has 0 radical (unpaired) electrons. The number of hydrogen-bond donors (Lipinski definition) is 2. The molecule has 5 nitrogen and oxygen atoms in total. The van der Waals surface area contributed by atoms with Crippen molar-refractivity contribution < 1.29 is 5.11 Å². The van der Waals surface area contributed by atoms with Crippen LogP contribution in [0.25, 0.3) is 17.1 Å². The van der Waals surface area contributed by atoms with Crippen LogP contribution in [-0.4, -0.2) is 25.2 Å². The van der Waals surface area contributed by atoms with E-state index in [0.717, 1.165) is 60.8 Å². The summed E-state index contributed by atoms with van der Waals surface area (Å²) in [6, 6.07) is 0. The van der Waals surface area contributed by atoms with Gasteiger partial charge in [-0.2, -0.15) is 0 Å². The number of fused-ring (bicyclic) bond motifs is 3. The van der Waals surface area contributed by atoms with Gasteiger partial charge in [0.2, 0.25) is 0 Å². The molecular weight excluding hydrogens is 302 g/mol. The standard InChI is InChI=1S/C19H21N3O2/c23-17-21-15-9-20-14-3-1-2-13(14)16(15)22(17)18-5-11-4-12(6-18)8-19(24,7-11)10-18/h1-2,9,11-12,24H,3-8,10H2,(H,21,23). The van der Waals surface area contributed by atoms with Gasteiger partial charge in [-0.05, 0) is 50.4 Å². The average Bonchev–Trinajstić information content (AvgIpc) is 3.06. The molecule has 0 saturated heterocycles. The van der Waals surface area contributed by atoms with Crippen LogP contribution < -0.4 is 5.69 Å². The van der Waals surface area contributed by atoms with Gasteiger partial charge in [0.1, 0.15) is 0 Å². The molecule has 2 N–H and O–H groups in total. The third-order valence-electron chi connectivity index (χ3n) is 6.91. The van der Waals surface area contributed by atoms with Crippen molar-refractivity contribution in [2.45, 2.75) is 56.1 Å². The summed E-state index contributed by atoms with van der Waals surface area (Å²) in [7, 11) is 0. The van der Waals surface area contributed by atoms with E-state index in [2.05, 4.69) is 22.1 Å². The molecule has 4 fully saturated rings. The third kappa shape index (κ3) is 1.54. The van der Waals surface area contributed by atoms with Gasteiger partial charge >= 0.3 is 5.69 Å². The minimum absolute atomic E-state index is 0.0361. The molecule has 24 heavy (non-hydrogen) atoms. The fraction of sp³-hybridized carbons (Fsp3) is 0.579. The summed E-state index contributed by atoms with van der Waals surface area (Å²) < 4.78 is 2.01. The molecule has 0 aliphatic heterocycles. The molecule has 5 heteroatoms. The van der Waals surface area contributed by atoms with Gasteiger partial charge in [-0.1, -0.05) is 12.2 Å². The van der Waals surface area contributed by atoms with Crippen LogP contribution >= 0.6 is 0 Å². The molecule has 4 bridgehead atoms. The van der Waals surface area contributed by atoms with Gasteiger partial charge in [0.15, 0.2) is 0 Å². The topological polar surface area (TPSA) is 70.9 Å². The van der Waals surface area contributed by atoms with Crippen molar-refractivity contribution in [2.24, 2.45) is 11.8 Å². The number of nitrogens with one attached hydrogen (secondary N) is 1. The molecule has 0 aromatic carbocycles. The number of hydrogen-bond acceptors (Lipinski definition) is 3. The normalized spacial score (nSPS) is 39.0. The average molecular weight is 323 g/mol. The lowest BCUT2D eigenvalue weighted by Gasteiger charge is -2.60. The van der Waals surface area contributed by atoms with Gasteiger partial charge in [0, 0.05) is 12.0 Å². The lowest BCUT2D eigenvalue weighted by Crippen LogP contribution is -2.61. The van der Waals surface area contributed by atoms with E-state index < -0.39 is 5.60 Å². The van der Waals surface area contributed by atoms with Crippen LogP contribution in [0, 0.1) is 11.8 Å². The molecule has 2 atom stereocenters. The number of nitrogens with zero attached hydrogens (tertiary/aromatic N) is 2. The molecule has 124 valence electrons. The van der Waals surface area contributed by atoms with Gasteiger partial charge in [-0.3, -0.25) is 9.55 Å². The Morgan fingerprint density at radius 2 is 2.04 bits per heavy atom. The maximum Gasteiger partial charge on any atom is 0.327 e. The Morgan fingerprint density at radius 3 is 2.79 bits per heavy atom. The first-order valence-corrected chi connectivity index (χ1v) is 9.07. The fourth-order valence-electron chi connectivity index (χ4n) is 6.67. The van der Waals surface area contributed by atoms with Crippen LogP contribution in [0.3, 0.4) is 0 Å². The van der Waals surface area contributed by atoms with Gasteiger partial charge in [-0.25, -0.2) is 4.79 Å². The van der Waals surface area contributed by atoms with Crippen molar-refractivity contribution in [3.63, 3.8) is 0 Å². The maximum absolute atomic E-state index is 12.9. The molecule has 5 aliphatic rings. The summed E-state index contributed by atoms with van der Waals surface area (Å²) in [4.78, 5) is 20.5. The molecule has 4 saturated carbocycles. The van der Waals surface area contributed by atoms with Crippen molar-refractivity contribution in [2.75, 3.05) is 0 Å². The summed E-state index contributed by atoms with van der Waals surface area (Å²) in [5, 5.41) is 11.1. The van der Waals surface area contributed by atoms with E-state index in [1.807, 2.05) is 4.57 Å².